The average Bonchev–Trinajstić information content (AvgIpc) is 2.33. The van der Waals surface area contributed by atoms with Crippen molar-refractivity contribution in [3.8, 4) is 0 Å². The molecule has 0 saturated carbocycles. The number of hydrogen-bond acceptors (Lipinski definition) is 3. The largest absolute Gasteiger partial charge is 0.480 e. The molecule has 0 radical (unpaired) electrons. The summed E-state index contributed by atoms with van der Waals surface area (Å²) in [6.45, 7) is 5.77. The van der Waals surface area contributed by atoms with E-state index in [4.69, 9.17) is 5.11 Å². The predicted octanol–water partition coefficient (Wildman–Crippen LogP) is 0.605. The molecule has 1 unspecified atom stereocenters. The molecular weight excluding hydrogens is 262 g/mol. The van der Waals surface area contributed by atoms with Crippen LogP contribution in [-0.4, -0.2) is 66.0 Å². The van der Waals surface area contributed by atoms with Crippen molar-refractivity contribution in [2.24, 2.45) is 5.92 Å². The van der Waals surface area contributed by atoms with Crippen molar-refractivity contribution in [1.82, 2.24) is 15.1 Å². The quantitative estimate of drug-likeness (QED) is 0.717. The van der Waals surface area contributed by atoms with Crippen molar-refractivity contribution in [2.75, 3.05) is 27.2 Å². The highest BCUT2D eigenvalue weighted by Crippen LogP contribution is 2.06. The first-order chi connectivity index (χ1) is 9.18. The van der Waals surface area contributed by atoms with Gasteiger partial charge in [0.05, 0.1) is 0 Å². The molecule has 2 N–H and O–H groups in total. The topological polar surface area (TPSA) is 90.0 Å². The second-order valence-corrected chi connectivity index (χ2v) is 5.27. The van der Waals surface area contributed by atoms with E-state index in [1.807, 2.05) is 13.8 Å². The van der Waals surface area contributed by atoms with E-state index in [1.165, 1.54) is 9.80 Å². The summed E-state index contributed by atoms with van der Waals surface area (Å²) in [6, 6.07) is -1.47. The van der Waals surface area contributed by atoms with Gasteiger partial charge in [0.15, 0.2) is 0 Å². The van der Waals surface area contributed by atoms with Gasteiger partial charge in [-0.15, -0.1) is 0 Å². The van der Waals surface area contributed by atoms with E-state index in [1.54, 1.807) is 21.0 Å². The first-order valence-corrected chi connectivity index (χ1v) is 6.67. The number of aliphatic carboxylic acids is 1. The van der Waals surface area contributed by atoms with Crippen molar-refractivity contribution in [3.63, 3.8) is 0 Å². The van der Waals surface area contributed by atoms with E-state index >= 15 is 0 Å². The number of carbonyl (C=O) groups is 3. The number of carboxylic acid groups (broad SMARTS) is 1. The van der Waals surface area contributed by atoms with Crippen LogP contribution >= 0.6 is 0 Å². The second kappa shape index (κ2) is 8.39. The average molecular weight is 287 g/mol. The van der Waals surface area contributed by atoms with Crippen LogP contribution in [-0.2, 0) is 9.59 Å². The molecule has 3 amide bonds. The number of likely N-dealkylation sites (N-methyl/N-ethyl adjacent to an activating group) is 2. The van der Waals surface area contributed by atoms with Crippen molar-refractivity contribution in [3.05, 3.63) is 0 Å². The lowest BCUT2D eigenvalue weighted by molar-refractivity contribution is -0.139. The van der Waals surface area contributed by atoms with Crippen LogP contribution in [0.25, 0.3) is 0 Å². The molecule has 0 aromatic carbocycles. The highest BCUT2D eigenvalue weighted by Gasteiger charge is 2.24. The van der Waals surface area contributed by atoms with E-state index < -0.39 is 18.0 Å². The van der Waals surface area contributed by atoms with Crippen molar-refractivity contribution >= 4 is 17.9 Å². The van der Waals surface area contributed by atoms with Gasteiger partial charge in [-0.2, -0.15) is 0 Å². The van der Waals surface area contributed by atoms with Crippen molar-refractivity contribution < 1.29 is 19.5 Å². The molecule has 0 heterocycles. The van der Waals surface area contributed by atoms with Gasteiger partial charge < -0.3 is 20.2 Å². The highest BCUT2D eigenvalue weighted by molar-refractivity contribution is 5.86. The zero-order valence-electron chi connectivity index (χ0n) is 12.8. The van der Waals surface area contributed by atoms with Gasteiger partial charge in [0.1, 0.15) is 12.6 Å². The molecule has 0 bridgehead atoms. The molecule has 0 spiro atoms. The summed E-state index contributed by atoms with van der Waals surface area (Å²) in [4.78, 5) is 37.4. The van der Waals surface area contributed by atoms with E-state index in [0.29, 0.717) is 13.0 Å². The summed E-state index contributed by atoms with van der Waals surface area (Å²) in [5, 5.41) is 11.5. The van der Waals surface area contributed by atoms with Crippen LogP contribution in [0, 0.1) is 5.92 Å². The molecule has 116 valence electrons. The van der Waals surface area contributed by atoms with Crippen LogP contribution in [0.5, 0.6) is 0 Å². The minimum atomic E-state index is -1.07. The first kappa shape index (κ1) is 18.2. The number of carbonyl (C=O) groups excluding carboxylic acids is 2. The maximum atomic E-state index is 12.0. The number of carboxylic acids is 1. The maximum Gasteiger partial charge on any atom is 0.326 e. The Balaban J connectivity index is 4.66. The van der Waals surface area contributed by atoms with Crippen LogP contribution in [0.1, 0.15) is 27.2 Å². The molecule has 1 atom stereocenters. The number of rotatable bonds is 7. The van der Waals surface area contributed by atoms with Gasteiger partial charge in [-0.25, -0.2) is 9.59 Å². The summed E-state index contributed by atoms with van der Waals surface area (Å²) in [5.41, 5.74) is 0. The molecule has 0 aromatic heterocycles. The zero-order chi connectivity index (χ0) is 15.9. The van der Waals surface area contributed by atoms with Crippen LogP contribution in [0.4, 0.5) is 4.79 Å². The Kier molecular flexibility index (Phi) is 7.64. The maximum absolute atomic E-state index is 12.0. The van der Waals surface area contributed by atoms with Gasteiger partial charge in [-0.3, -0.25) is 4.79 Å². The number of amides is 3. The number of hydrogen-bond donors (Lipinski definition) is 2. The Hall–Kier alpha value is -1.79. The number of nitrogens with zero attached hydrogens (tertiary/aromatic N) is 2. The second-order valence-electron chi connectivity index (χ2n) is 5.27. The van der Waals surface area contributed by atoms with Crippen LogP contribution in [0.3, 0.4) is 0 Å². The number of nitrogens with one attached hydrogen (secondary N) is 1. The fourth-order valence-electron chi connectivity index (χ4n) is 1.57. The molecule has 0 aromatic rings. The normalized spacial score (nSPS) is 11.9. The summed E-state index contributed by atoms with van der Waals surface area (Å²) in [5.74, 6) is -1.13. The van der Waals surface area contributed by atoms with Crippen LogP contribution in [0.2, 0.25) is 0 Å². The van der Waals surface area contributed by atoms with Gasteiger partial charge in [-0.1, -0.05) is 13.8 Å². The molecule has 0 aliphatic heterocycles. The lowest BCUT2D eigenvalue weighted by Crippen LogP contribution is -2.50. The summed E-state index contributed by atoms with van der Waals surface area (Å²) in [7, 11) is 3.21. The third kappa shape index (κ3) is 6.40. The third-order valence-corrected chi connectivity index (χ3v) is 2.80. The molecule has 0 rings (SSSR count). The summed E-state index contributed by atoms with van der Waals surface area (Å²) < 4.78 is 0. The Morgan fingerprint density at radius 2 is 1.75 bits per heavy atom. The van der Waals surface area contributed by atoms with Gasteiger partial charge in [0.2, 0.25) is 5.91 Å². The van der Waals surface area contributed by atoms with E-state index in [2.05, 4.69) is 5.32 Å². The predicted molar refractivity (Wildman–Crippen MR) is 75.4 cm³/mol. The standard InChI is InChI=1S/C13H25N3O4/c1-6-16(8-11(17)15(4)5)13(20)14-10(12(18)19)7-9(2)3/h9-10H,6-8H2,1-5H3,(H,14,20)(H,18,19). The van der Waals surface area contributed by atoms with Crippen molar-refractivity contribution in [1.29, 1.82) is 0 Å². The van der Waals surface area contributed by atoms with E-state index in [-0.39, 0.29) is 18.4 Å². The Morgan fingerprint density at radius 3 is 2.10 bits per heavy atom. The molecule has 0 aliphatic carbocycles. The fourth-order valence-corrected chi connectivity index (χ4v) is 1.57. The molecule has 0 aliphatic rings. The van der Waals surface area contributed by atoms with E-state index in [9.17, 15) is 14.4 Å². The highest BCUT2D eigenvalue weighted by atomic mass is 16.4. The van der Waals surface area contributed by atoms with Crippen LogP contribution in [0.15, 0.2) is 0 Å². The smallest absolute Gasteiger partial charge is 0.326 e. The third-order valence-electron chi connectivity index (χ3n) is 2.80. The molecule has 7 heteroatoms. The first-order valence-electron chi connectivity index (χ1n) is 6.67. The SMILES string of the molecule is CCN(CC(=O)N(C)C)C(=O)NC(CC(C)C)C(=O)O. The zero-order valence-corrected chi connectivity index (χ0v) is 12.8. The van der Waals surface area contributed by atoms with E-state index in [0.717, 1.165) is 0 Å². The molecule has 0 saturated heterocycles. The van der Waals surface area contributed by atoms with Gasteiger partial charge in [-0.05, 0) is 19.3 Å². The summed E-state index contributed by atoms with van der Waals surface area (Å²) >= 11 is 0. The molecule has 0 fully saturated rings. The molecular formula is C13H25N3O4. The lowest BCUT2D eigenvalue weighted by Gasteiger charge is -2.25. The molecule has 7 nitrogen and oxygen atoms in total. The Morgan fingerprint density at radius 1 is 1.20 bits per heavy atom. The Bertz CT molecular complexity index is 356. The monoisotopic (exact) mass is 287 g/mol. The fraction of sp³-hybridized carbons (Fsp3) is 0.769. The molecule has 20 heavy (non-hydrogen) atoms. The number of urea groups is 1. The minimum absolute atomic E-state index is 0.0661. The van der Waals surface area contributed by atoms with Gasteiger partial charge in [0.25, 0.3) is 0 Å². The lowest BCUT2D eigenvalue weighted by atomic mass is 10.0. The van der Waals surface area contributed by atoms with Crippen LogP contribution < -0.4 is 5.32 Å². The van der Waals surface area contributed by atoms with Gasteiger partial charge in [0, 0.05) is 20.6 Å². The minimum Gasteiger partial charge on any atom is -0.480 e. The van der Waals surface area contributed by atoms with Gasteiger partial charge >= 0.3 is 12.0 Å². The summed E-state index contributed by atoms with van der Waals surface area (Å²) in [6.07, 6.45) is 0.347. The Labute approximate surface area is 119 Å². The van der Waals surface area contributed by atoms with Crippen molar-refractivity contribution in [2.45, 2.75) is 33.2 Å².